The molecule has 0 spiro atoms. The third-order valence-electron chi connectivity index (χ3n) is 8.79. The Kier molecular flexibility index (Phi) is 6.49. The third-order valence-corrected chi connectivity index (χ3v) is 43.8. The van der Waals surface area contributed by atoms with Crippen LogP contribution in [0.5, 0.6) is 0 Å². The van der Waals surface area contributed by atoms with Crippen molar-refractivity contribution in [3.63, 3.8) is 0 Å². The summed E-state index contributed by atoms with van der Waals surface area (Å²) in [6.45, 7) is 0. The van der Waals surface area contributed by atoms with Gasteiger partial charge in [-0.05, 0) is 0 Å². The van der Waals surface area contributed by atoms with Crippen molar-refractivity contribution in [1.29, 1.82) is 0 Å². The fourth-order valence-corrected chi connectivity index (χ4v) is 49.4. The van der Waals surface area contributed by atoms with Gasteiger partial charge in [-0.25, -0.2) is 0 Å². The molecule has 41 heavy (non-hydrogen) atoms. The molecule has 0 unspecified atom stereocenters. The molecule has 0 aromatic heterocycles. The van der Waals surface area contributed by atoms with E-state index in [-0.39, 0.29) is 18.1 Å². The van der Waals surface area contributed by atoms with Crippen molar-refractivity contribution in [2.24, 2.45) is 0 Å². The minimum absolute atomic E-state index is 0.142. The van der Waals surface area contributed by atoms with Gasteiger partial charge in [-0.3, -0.25) is 0 Å². The molecule has 0 heterocycles. The van der Waals surface area contributed by atoms with E-state index in [9.17, 15) is 0 Å². The first-order chi connectivity index (χ1) is 20.3. The minimum atomic E-state index is -3.56. The summed E-state index contributed by atoms with van der Waals surface area (Å²) in [5.74, 6) is 0.312. The van der Waals surface area contributed by atoms with Gasteiger partial charge in [0.1, 0.15) is 0 Å². The molecule has 0 saturated carbocycles. The molecule has 2 bridgehead atoms. The van der Waals surface area contributed by atoms with Crippen LogP contribution in [0.25, 0.3) is 0 Å². The van der Waals surface area contributed by atoms with Crippen molar-refractivity contribution in [2.75, 3.05) is 0 Å². The van der Waals surface area contributed by atoms with Crippen LogP contribution in [-0.4, -0.2) is 30.8 Å². The maximum atomic E-state index is 2.43. The Hall–Kier alpha value is -3.01. The summed E-state index contributed by atoms with van der Waals surface area (Å²) >= 11 is -3.39. The van der Waals surface area contributed by atoms with Gasteiger partial charge in [0, 0.05) is 0 Å². The molecule has 0 amide bonds. The number of hydrogen-bond acceptors (Lipinski definition) is 1. The van der Waals surface area contributed by atoms with Gasteiger partial charge in [-0.15, -0.1) is 0 Å². The molecule has 3 aliphatic rings. The van der Waals surface area contributed by atoms with Crippen LogP contribution in [0, 0.1) is 0 Å². The molecule has 0 atom stereocenters. The third kappa shape index (κ3) is 3.81. The van der Waals surface area contributed by atoms with Gasteiger partial charge >= 0.3 is 256 Å². The number of rotatable bonds is 6. The Morgan fingerprint density at radius 1 is 0.415 bits per heavy atom. The van der Waals surface area contributed by atoms with Crippen molar-refractivity contribution in [3.05, 3.63) is 197 Å². The van der Waals surface area contributed by atoms with Crippen LogP contribution in [0.2, 0.25) is 0 Å². The van der Waals surface area contributed by atoms with Crippen molar-refractivity contribution in [1.82, 2.24) is 0 Å². The maximum absolute atomic E-state index is 3.56. The quantitative estimate of drug-likeness (QED) is 0.171. The molecular weight excluding hydrogens is 686 g/mol. The van der Waals surface area contributed by atoms with Crippen molar-refractivity contribution < 1.29 is 0 Å². The Bertz CT molecular complexity index is 1640. The molecule has 0 radical (unpaired) electrons. The second-order valence-corrected chi connectivity index (χ2v) is 34.9. The molecule has 0 fully saturated rings. The van der Waals surface area contributed by atoms with Gasteiger partial charge in [0.15, 0.2) is 0 Å². The summed E-state index contributed by atoms with van der Waals surface area (Å²) in [7, 11) is 2.35. The Labute approximate surface area is 254 Å². The summed E-state index contributed by atoms with van der Waals surface area (Å²) in [6.07, 6.45) is 0. The molecule has 0 aliphatic heterocycles. The van der Waals surface area contributed by atoms with Gasteiger partial charge < -0.3 is 0 Å². The summed E-state index contributed by atoms with van der Waals surface area (Å²) < 4.78 is 4.45. The molecule has 3 aliphatic carbocycles. The predicted molar refractivity (Wildman–Crippen MR) is 177 cm³/mol. The van der Waals surface area contributed by atoms with E-state index in [2.05, 4.69) is 171 Å². The average Bonchev–Trinajstić information content (AvgIpc) is 3.07. The first-order valence-corrected chi connectivity index (χ1v) is 25.6. The number of benzene rings is 6. The Morgan fingerprint density at radius 3 is 1.10 bits per heavy atom. The monoisotopic (exact) mass is 716 g/mol. The molecule has 196 valence electrons. The van der Waals surface area contributed by atoms with Gasteiger partial charge in [-0.2, -0.15) is 0 Å². The van der Waals surface area contributed by atoms with E-state index in [0.717, 1.165) is 0 Å². The molecular formula is C38H28SSeSn. The van der Waals surface area contributed by atoms with E-state index in [4.69, 9.17) is 0 Å². The van der Waals surface area contributed by atoms with E-state index in [1.807, 2.05) is 0 Å². The summed E-state index contributed by atoms with van der Waals surface area (Å²) in [5.41, 5.74) is 9.03. The average molecular weight is 714 g/mol. The molecule has 0 nitrogen and oxygen atoms in total. The topological polar surface area (TPSA) is 0 Å². The fraction of sp³-hybridized carbons (Fsp3) is 0.0526. The summed E-state index contributed by atoms with van der Waals surface area (Å²) in [5, 5.41) is 0. The summed E-state index contributed by atoms with van der Waals surface area (Å²) in [4.78, 5) is 0. The normalized spacial score (nSPS) is 18.3. The van der Waals surface area contributed by atoms with Crippen molar-refractivity contribution >= 4 is 48.9 Å². The van der Waals surface area contributed by atoms with Crippen LogP contribution in [0.4, 0.5) is 0 Å². The molecule has 6 aromatic carbocycles. The van der Waals surface area contributed by atoms with Gasteiger partial charge in [0.2, 0.25) is 0 Å². The van der Waals surface area contributed by atoms with Crippen molar-refractivity contribution in [3.8, 4) is 0 Å². The first-order valence-electron chi connectivity index (χ1n) is 14.2. The van der Waals surface area contributed by atoms with Gasteiger partial charge in [0.05, 0.1) is 0 Å². The zero-order valence-corrected chi connectivity index (χ0v) is 27.9. The van der Waals surface area contributed by atoms with Gasteiger partial charge in [0.25, 0.3) is 0 Å². The zero-order valence-electron chi connectivity index (χ0n) is 22.5. The SMILES string of the molecule is c1cc[c]([Sn]([S][Se]C23c4ccccc4C(c4ccccc42)c2ccccc23)([c]2ccccc2)[c]2ccccc2)cc1. The van der Waals surface area contributed by atoms with E-state index in [0.29, 0.717) is 5.92 Å². The molecule has 9 rings (SSSR count). The molecule has 0 saturated heterocycles. The summed E-state index contributed by atoms with van der Waals surface area (Å²) in [6, 6.07) is 62.3. The van der Waals surface area contributed by atoms with Crippen LogP contribution in [0.15, 0.2) is 164 Å². The zero-order chi connectivity index (χ0) is 27.3. The van der Waals surface area contributed by atoms with Gasteiger partial charge in [-0.1, -0.05) is 0 Å². The van der Waals surface area contributed by atoms with E-state index in [1.165, 1.54) is 44.1 Å². The van der Waals surface area contributed by atoms with Crippen LogP contribution >= 0.6 is 7.36 Å². The van der Waals surface area contributed by atoms with E-state index < -0.39 is 17.0 Å². The second kappa shape index (κ2) is 10.4. The van der Waals surface area contributed by atoms with Crippen LogP contribution in [-0.2, 0) is 4.31 Å². The molecule has 6 aromatic rings. The van der Waals surface area contributed by atoms with Crippen LogP contribution in [0.1, 0.15) is 39.3 Å². The Morgan fingerprint density at radius 2 is 0.732 bits per heavy atom. The second-order valence-electron chi connectivity index (χ2n) is 10.8. The van der Waals surface area contributed by atoms with Crippen LogP contribution < -0.4 is 10.7 Å². The predicted octanol–water partition coefficient (Wildman–Crippen LogP) is 6.81. The number of hydrogen-bond donors (Lipinski definition) is 0. The Balaban J connectivity index is 1.41. The van der Waals surface area contributed by atoms with Crippen molar-refractivity contribution in [2.45, 2.75) is 10.2 Å². The van der Waals surface area contributed by atoms with E-state index >= 15 is 0 Å². The molecule has 0 N–H and O–H groups in total. The standard InChI is InChI=1S/C20H14SSe.3C6H5.Sn/c21-22-20-16-10-4-1-7-13(16)19(14-8-2-5-11-17(14)20)15-9-3-6-12-18(15)20;3*1-2-4-6-5-3-1;/h1-12,19,21H;3*1-5H;/q;;;;+1/p-1. The molecule has 3 heteroatoms. The fourth-order valence-electron chi connectivity index (χ4n) is 7.07. The van der Waals surface area contributed by atoms with Crippen LogP contribution in [0.3, 0.4) is 0 Å². The van der Waals surface area contributed by atoms with E-state index in [1.54, 1.807) is 0 Å². The first kappa shape index (κ1) is 25.7.